The Hall–Kier alpha value is -1.68. The number of aromatic nitrogens is 2. The summed E-state index contributed by atoms with van der Waals surface area (Å²) in [6.07, 6.45) is 0. The average Bonchev–Trinajstić information content (AvgIpc) is 2.91. The maximum absolute atomic E-state index is 6.30. The Morgan fingerprint density at radius 1 is 0.905 bits per heavy atom. The molecule has 0 amide bonds. The molecule has 21 heavy (non-hydrogen) atoms. The summed E-state index contributed by atoms with van der Waals surface area (Å²) in [5.74, 6) is 0.632. The highest BCUT2D eigenvalue weighted by Crippen LogP contribution is 2.35. The third kappa shape index (κ3) is 2.09. The molecule has 0 radical (unpaired) electrons. The van der Waals surface area contributed by atoms with E-state index in [4.69, 9.17) is 23.2 Å². The minimum absolute atomic E-state index is 0.385. The van der Waals surface area contributed by atoms with Gasteiger partial charge in [-0.3, -0.25) is 0 Å². The molecule has 0 saturated carbocycles. The first-order chi connectivity index (χ1) is 10.2. The van der Waals surface area contributed by atoms with Crippen LogP contribution in [0.4, 0.5) is 0 Å². The Labute approximate surface area is 135 Å². The highest BCUT2D eigenvalue weighted by Gasteiger charge is 2.13. The summed E-state index contributed by atoms with van der Waals surface area (Å²) in [7, 11) is 0. The molecule has 0 aliphatic rings. The number of thiophene rings is 1. The van der Waals surface area contributed by atoms with Crippen LogP contribution in [0, 0.1) is 0 Å². The van der Waals surface area contributed by atoms with E-state index in [0.717, 1.165) is 16.5 Å². The summed E-state index contributed by atoms with van der Waals surface area (Å²) in [6.45, 7) is 0. The van der Waals surface area contributed by atoms with E-state index < -0.39 is 0 Å². The molecule has 4 rings (SSSR count). The summed E-state index contributed by atoms with van der Waals surface area (Å²) in [5, 5.41) is 4.85. The standard InChI is InChI=1S/C16H8Cl2N2S/c17-11-5-3-6-12-14(11)15(18)20-16(19-12)10-8-21-13-7-2-1-4-9(10)13/h1-8H. The van der Waals surface area contributed by atoms with Crippen LogP contribution in [0.1, 0.15) is 0 Å². The van der Waals surface area contributed by atoms with E-state index in [9.17, 15) is 0 Å². The first kappa shape index (κ1) is 13.0. The van der Waals surface area contributed by atoms with Gasteiger partial charge in [0.15, 0.2) is 5.82 Å². The zero-order valence-electron chi connectivity index (χ0n) is 10.7. The van der Waals surface area contributed by atoms with Crippen molar-refractivity contribution in [3.8, 4) is 11.4 Å². The first-order valence-corrected chi connectivity index (χ1v) is 7.96. The van der Waals surface area contributed by atoms with Crippen molar-refractivity contribution in [1.82, 2.24) is 9.97 Å². The van der Waals surface area contributed by atoms with Gasteiger partial charge in [-0.05, 0) is 18.2 Å². The lowest BCUT2D eigenvalue weighted by Crippen LogP contribution is -1.91. The number of rotatable bonds is 1. The second-order valence-electron chi connectivity index (χ2n) is 4.62. The van der Waals surface area contributed by atoms with Crippen molar-refractivity contribution >= 4 is 55.5 Å². The highest BCUT2D eigenvalue weighted by molar-refractivity contribution is 7.17. The van der Waals surface area contributed by atoms with Gasteiger partial charge in [0.2, 0.25) is 0 Å². The van der Waals surface area contributed by atoms with Gasteiger partial charge in [0.1, 0.15) is 5.15 Å². The molecule has 0 unspecified atom stereocenters. The van der Waals surface area contributed by atoms with Crippen LogP contribution in [0.3, 0.4) is 0 Å². The van der Waals surface area contributed by atoms with E-state index in [1.807, 2.05) is 24.3 Å². The van der Waals surface area contributed by atoms with Gasteiger partial charge in [-0.15, -0.1) is 11.3 Å². The topological polar surface area (TPSA) is 25.8 Å². The Kier molecular flexibility index (Phi) is 3.07. The minimum Gasteiger partial charge on any atom is -0.228 e. The van der Waals surface area contributed by atoms with E-state index >= 15 is 0 Å². The van der Waals surface area contributed by atoms with Crippen LogP contribution in [-0.4, -0.2) is 9.97 Å². The fraction of sp³-hybridized carbons (Fsp3) is 0. The molecule has 2 aromatic carbocycles. The summed E-state index contributed by atoms with van der Waals surface area (Å²) in [6, 6.07) is 13.7. The number of nitrogens with zero attached hydrogens (tertiary/aromatic N) is 2. The monoisotopic (exact) mass is 330 g/mol. The van der Waals surface area contributed by atoms with Crippen LogP contribution in [0.15, 0.2) is 47.8 Å². The van der Waals surface area contributed by atoms with Gasteiger partial charge in [-0.1, -0.05) is 47.5 Å². The number of hydrogen-bond donors (Lipinski definition) is 0. The molecule has 5 heteroatoms. The first-order valence-electron chi connectivity index (χ1n) is 6.32. The van der Waals surface area contributed by atoms with Gasteiger partial charge in [0.25, 0.3) is 0 Å². The van der Waals surface area contributed by atoms with Crippen LogP contribution in [0.2, 0.25) is 10.2 Å². The molecule has 2 aromatic heterocycles. The Balaban J connectivity index is 2.03. The molecule has 4 aromatic rings. The normalized spacial score (nSPS) is 11.3. The Morgan fingerprint density at radius 3 is 2.67 bits per heavy atom. The van der Waals surface area contributed by atoms with E-state index in [1.54, 1.807) is 17.4 Å². The van der Waals surface area contributed by atoms with Crippen LogP contribution in [-0.2, 0) is 0 Å². The predicted molar refractivity (Wildman–Crippen MR) is 90.4 cm³/mol. The van der Waals surface area contributed by atoms with Crippen LogP contribution in [0.25, 0.3) is 32.4 Å². The molecule has 0 atom stereocenters. The second-order valence-corrected chi connectivity index (χ2v) is 6.29. The molecule has 2 heterocycles. The van der Waals surface area contributed by atoms with Crippen LogP contribution >= 0.6 is 34.5 Å². The van der Waals surface area contributed by atoms with Crippen molar-refractivity contribution in [3.05, 3.63) is 58.0 Å². The van der Waals surface area contributed by atoms with Crippen molar-refractivity contribution < 1.29 is 0 Å². The fourth-order valence-electron chi connectivity index (χ4n) is 2.37. The predicted octanol–water partition coefficient (Wildman–Crippen LogP) is 5.82. The van der Waals surface area contributed by atoms with Crippen molar-refractivity contribution in [1.29, 1.82) is 0 Å². The van der Waals surface area contributed by atoms with Gasteiger partial charge in [0.05, 0.1) is 15.9 Å². The molecular formula is C16H8Cl2N2S. The molecule has 0 fully saturated rings. The van der Waals surface area contributed by atoms with Crippen molar-refractivity contribution in [3.63, 3.8) is 0 Å². The summed E-state index contributed by atoms with van der Waals surface area (Å²) >= 11 is 14.1. The summed E-state index contributed by atoms with van der Waals surface area (Å²) < 4.78 is 1.21. The summed E-state index contributed by atoms with van der Waals surface area (Å²) in [4.78, 5) is 9.05. The maximum Gasteiger partial charge on any atom is 0.162 e. The van der Waals surface area contributed by atoms with Crippen molar-refractivity contribution in [2.45, 2.75) is 0 Å². The Morgan fingerprint density at radius 2 is 1.76 bits per heavy atom. The number of benzene rings is 2. The van der Waals surface area contributed by atoms with Crippen molar-refractivity contribution in [2.75, 3.05) is 0 Å². The van der Waals surface area contributed by atoms with Gasteiger partial charge < -0.3 is 0 Å². The van der Waals surface area contributed by atoms with Gasteiger partial charge >= 0.3 is 0 Å². The fourth-order valence-corrected chi connectivity index (χ4v) is 3.89. The maximum atomic E-state index is 6.30. The minimum atomic E-state index is 0.385. The molecule has 0 bridgehead atoms. The van der Waals surface area contributed by atoms with Gasteiger partial charge in [-0.25, -0.2) is 9.97 Å². The quantitative estimate of drug-likeness (QED) is 0.411. The van der Waals surface area contributed by atoms with Crippen molar-refractivity contribution in [2.24, 2.45) is 0 Å². The van der Waals surface area contributed by atoms with Crippen LogP contribution < -0.4 is 0 Å². The average molecular weight is 331 g/mol. The van der Waals surface area contributed by atoms with E-state index in [2.05, 4.69) is 27.5 Å². The van der Waals surface area contributed by atoms with E-state index in [1.165, 1.54) is 4.70 Å². The zero-order chi connectivity index (χ0) is 14.4. The van der Waals surface area contributed by atoms with Crippen LogP contribution in [0.5, 0.6) is 0 Å². The lowest BCUT2D eigenvalue weighted by atomic mass is 10.1. The van der Waals surface area contributed by atoms with E-state index in [-0.39, 0.29) is 0 Å². The number of halogens is 2. The second kappa shape index (κ2) is 4.95. The molecule has 2 nitrogen and oxygen atoms in total. The van der Waals surface area contributed by atoms with E-state index in [0.29, 0.717) is 21.4 Å². The third-order valence-electron chi connectivity index (χ3n) is 3.35. The lowest BCUT2D eigenvalue weighted by molar-refractivity contribution is 1.24. The Bertz CT molecular complexity index is 979. The van der Waals surface area contributed by atoms with Gasteiger partial charge in [-0.2, -0.15) is 0 Å². The molecular weight excluding hydrogens is 323 g/mol. The highest BCUT2D eigenvalue weighted by atomic mass is 35.5. The summed E-state index contributed by atoms with van der Waals surface area (Å²) in [5.41, 5.74) is 1.76. The molecule has 0 saturated heterocycles. The zero-order valence-corrected chi connectivity index (χ0v) is 13.0. The number of fused-ring (bicyclic) bond motifs is 2. The third-order valence-corrected chi connectivity index (χ3v) is 4.90. The lowest BCUT2D eigenvalue weighted by Gasteiger charge is -2.05. The molecule has 0 aliphatic heterocycles. The molecule has 0 aliphatic carbocycles. The number of hydrogen-bond acceptors (Lipinski definition) is 3. The molecule has 0 N–H and O–H groups in total. The molecule has 102 valence electrons. The SMILES string of the molecule is Clc1cccc2nc(-c3csc4ccccc34)nc(Cl)c12. The van der Waals surface area contributed by atoms with Gasteiger partial charge in [0, 0.05) is 21.0 Å². The molecule has 0 spiro atoms. The largest absolute Gasteiger partial charge is 0.228 e. The smallest absolute Gasteiger partial charge is 0.162 e.